The molecule has 0 rings (SSSR count). The van der Waals surface area contributed by atoms with Gasteiger partial charge in [0.25, 0.3) is 0 Å². The van der Waals surface area contributed by atoms with Crippen LogP contribution in [0, 0.1) is 5.41 Å². The zero-order chi connectivity index (χ0) is 20.2. The first-order valence-electron chi connectivity index (χ1n) is 8.64. The minimum Gasteiger partial charge on any atom is -0.462 e. The molecular weight excluding hydrogens is 340 g/mol. The van der Waals surface area contributed by atoms with Crippen molar-refractivity contribution < 1.29 is 18.5 Å². The summed E-state index contributed by atoms with van der Waals surface area (Å²) in [5, 5.41) is 0. The first kappa shape index (κ1) is 24.4. The molecule has 0 spiro atoms. The van der Waals surface area contributed by atoms with Gasteiger partial charge in [0, 0.05) is 28.0 Å². The standard InChI is InChI=1S/C18H38N2O4S/c1-13(19)16(21)23-12-15(24-14(2)17(3,4)5)11-20(18(6,7)8)25(9,10)22/h13-15H,9,11-12,19H2,1-8,10H3/t13-,14-,15-,25?/m0/s1. The van der Waals surface area contributed by atoms with Gasteiger partial charge in [0.2, 0.25) is 0 Å². The average molecular weight is 379 g/mol. The summed E-state index contributed by atoms with van der Waals surface area (Å²) in [4.78, 5) is 11.7. The fourth-order valence-corrected chi connectivity index (χ4v) is 3.77. The molecule has 7 heteroatoms. The first-order valence-corrected chi connectivity index (χ1v) is 10.7. The lowest BCUT2D eigenvalue weighted by Gasteiger charge is -2.40. The van der Waals surface area contributed by atoms with E-state index in [4.69, 9.17) is 15.2 Å². The van der Waals surface area contributed by atoms with Gasteiger partial charge in [-0.15, -0.1) is 0 Å². The van der Waals surface area contributed by atoms with Crippen LogP contribution in [0.4, 0.5) is 0 Å². The second-order valence-corrected chi connectivity index (χ2v) is 11.2. The van der Waals surface area contributed by atoms with E-state index in [1.165, 1.54) is 0 Å². The van der Waals surface area contributed by atoms with Gasteiger partial charge in [0.1, 0.15) is 18.8 Å². The molecule has 0 saturated carbocycles. The monoisotopic (exact) mass is 378 g/mol. The Balaban J connectivity index is 5.38. The summed E-state index contributed by atoms with van der Waals surface area (Å²) >= 11 is 0. The van der Waals surface area contributed by atoms with Crippen LogP contribution in [-0.4, -0.2) is 63.5 Å². The molecule has 0 aliphatic rings. The smallest absolute Gasteiger partial charge is 0.322 e. The lowest BCUT2D eigenvalue weighted by atomic mass is 9.90. The fourth-order valence-electron chi connectivity index (χ4n) is 2.13. The van der Waals surface area contributed by atoms with Crippen molar-refractivity contribution in [3.8, 4) is 0 Å². The largest absolute Gasteiger partial charge is 0.462 e. The SMILES string of the molecule is C=S(C)(=O)N(C[C@@H](COC(=O)[C@H](C)N)O[C@@H](C)C(C)(C)C)C(C)(C)C. The summed E-state index contributed by atoms with van der Waals surface area (Å²) in [6.07, 6.45) is 1.10. The van der Waals surface area contributed by atoms with Crippen molar-refractivity contribution in [3.05, 3.63) is 0 Å². The first-order chi connectivity index (χ1) is 11.0. The Morgan fingerprint density at radius 3 is 2.00 bits per heavy atom. The molecule has 25 heavy (non-hydrogen) atoms. The van der Waals surface area contributed by atoms with Crippen molar-refractivity contribution >= 4 is 21.5 Å². The van der Waals surface area contributed by atoms with Gasteiger partial charge in [0.05, 0.1) is 6.10 Å². The van der Waals surface area contributed by atoms with E-state index < -0.39 is 27.8 Å². The van der Waals surface area contributed by atoms with Gasteiger partial charge in [-0.1, -0.05) is 20.8 Å². The molecule has 150 valence electrons. The third-order valence-electron chi connectivity index (χ3n) is 3.98. The minimum atomic E-state index is -2.46. The highest BCUT2D eigenvalue weighted by molar-refractivity contribution is 7.97. The third kappa shape index (κ3) is 9.03. The number of nitrogens with zero attached hydrogens (tertiary/aromatic N) is 1. The Morgan fingerprint density at radius 1 is 1.20 bits per heavy atom. The number of esters is 1. The number of ether oxygens (including phenoxy) is 2. The molecule has 0 heterocycles. The van der Waals surface area contributed by atoms with Crippen molar-refractivity contribution in [3.63, 3.8) is 0 Å². The summed E-state index contributed by atoms with van der Waals surface area (Å²) in [6, 6.07) is -0.692. The molecule has 0 aromatic rings. The van der Waals surface area contributed by atoms with Crippen molar-refractivity contribution in [1.82, 2.24) is 4.31 Å². The van der Waals surface area contributed by atoms with Crippen LogP contribution in [0.5, 0.6) is 0 Å². The second kappa shape index (κ2) is 8.84. The van der Waals surface area contributed by atoms with Crippen molar-refractivity contribution in [1.29, 1.82) is 0 Å². The summed E-state index contributed by atoms with van der Waals surface area (Å²) in [7, 11) is -2.46. The molecular formula is C18H38N2O4S. The van der Waals surface area contributed by atoms with Gasteiger partial charge >= 0.3 is 5.97 Å². The molecule has 0 amide bonds. The molecule has 0 bridgehead atoms. The Bertz CT molecular complexity index is 530. The van der Waals surface area contributed by atoms with Gasteiger partial charge in [-0.05, 0) is 45.9 Å². The lowest BCUT2D eigenvalue weighted by molar-refractivity contribution is -0.153. The highest BCUT2D eigenvalue weighted by Gasteiger charge is 2.32. The van der Waals surface area contributed by atoms with Crippen molar-refractivity contribution in [2.45, 2.75) is 79.2 Å². The molecule has 0 aliphatic heterocycles. The van der Waals surface area contributed by atoms with E-state index in [0.717, 1.165) is 0 Å². The molecule has 0 aromatic heterocycles. The number of carbonyl (C=O) groups is 1. The molecule has 2 N–H and O–H groups in total. The number of hydrogen-bond acceptors (Lipinski definition) is 5. The molecule has 0 aromatic carbocycles. The van der Waals surface area contributed by atoms with Gasteiger partial charge in [0.15, 0.2) is 0 Å². The molecule has 0 aliphatic carbocycles. The summed E-state index contributed by atoms with van der Waals surface area (Å²) in [6.45, 7) is 16.1. The van der Waals surface area contributed by atoms with Crippen LogP contribution < -0.4 is 5.73 Å². The van der Waals surface area contributed by atoms with Crippen LogP contribution in [0.1, 0.15) is 55.4 Å². The third-order valence-corrected chi connectivity index (χ3v) is 5.61. The Labute approximate surface area is 154 Å². The molecule has 0 saturated heterocycles. The number of hydrogen-bond donors (Lipinski definition) is 1. The van der Waals surface area contributed by atoms with E-state index in [1.54, 1.807) is 17.5 Å². The Hall–Kier alpha value is -0.630. The molecule has 0 radical (unpaired) electrons. The lowest BCUT2D eigenvalue weighted by Crippen LogP contribution is -2.51. The predicted molar refractivity (Wildman–Crippen MR) is 106 cm³/mol. The van der Waals surface area contributed by atoms with Crippen LogP contribution in [0.3, 0.4) is 0 Å². The summed E-state index contributed by atoms with van der Waals surface area (Å²) in [5.41, 5.74) is 5.11. The normalized spacial score (nSPS) is 19.2. The zero-order valence-corrected chi connectivity index (χ0v) is 18.2. The highest BCUT2D eigenvalue weighted by Crippen LogP contribution is 2.25. The molecule has 4 atom stereocenters. The fraction of sp³-hybridized carbons (Fsp3) is 0.889. The van der Waals surface area contributed by atoms with Gasteiger partial charge in [-0.2, -0.15) is 0 Å². The van der Waals surface area contributed by atoms with Crippen LogP contribution in [0.15, 0.2) is 0 Å². The quantitative estimate of drug-likeness (QED) is 0.516. The van der Waals surface area contributed by atoms with E-state index in [0.29, 0.717) is 6.54 Å². The molecule has 1 unspecified atom stereocenters. The van der Waals surface area contributed by atoms with E-state index in [-0.39, 0.29) is 23.7 Å². The predicted octanol–water partition coefficient (Wildman–Crippen LogP) is 2.06. The van der Waals surface area contributed by atoms with Crippen molar-refractivity contribution in [2.75, 3.05) is 19.4 Å². The van der Waals surface area contributed by atoms with Crippen LogP contribution in [0.2, 0.25) is 0 Å². The maximum atomic E-state index is 12.6. The van der Waals surface area contributed by atoms with Crippen LogP contribution >= 0.6 is 0 Å². The second-order valence-electron chi connectivity index (χ2n) is 8.88. The van der Waals surface area contributed by atoms with E-state index in [2.05, 4.69) is 26.6 Å². The maximum Gasteiger partial charge on any atom is 0.322 e. The average Bonchev–Trinajstić information content (AvgIpc) is 2.36. The van der Waals surface area contributed by atoms with Gasteiger partial charge < -0.3 is 15.2 Å². The Morgan fingerprint density at radius 2 is 1.68 bits per heavy atom. The number of rotatable bonds is 8. The van der Waals surface area contributed by atoms with Gasteiger partial charge in [-0.25, -0.2) is 4.31 Å². The number of carbonyl (C=O) groups excluding carboxylic acids is 1. The van der Waals surface area contributed by atoms with E-state index >= 15 is 0 Å². The van der Waals surface area contributed by atoms with E-state index in [1.807, 2.05) is 27.7 Å². The van der Waals surface area contributed by atoms with Crippen LogP contribution in [0.25, 0.3) is 0 Å². The molecule has 0 fully saturated rings. The zero-order valence-electron chi connectivity index (χ0n) is 17.4. The van der Waals surface area contributed by atoms with Crippen LogP contribution in [-0.2, 0) is 24.0 Å². The minimum absolute atomic E-state index is 0.0584. The Kier molecular flexibility index (Phi) is 8.62. The van der Waals surface area contributed by atoms with Gasteiger partial charge in [-0.3, -0.25) is 9.00 Å². The number of nitrogens with two attached hydrogens (primary N) is 1. The van der Waals surface area contributed by atoms with E-state index in [9.17, 15) is 9.00 Å². The van der Waals surface area contributed by atoms with Crippen molar-refractivity contribution in [2.24, 2.45) is 11.1 Å². The maximum absolute atomic E-state index is 12.6. The summed E-state index contributed by atoms with van der Waals surface area (Å²) < 4.78 is 25.9. The highest BCUT2D eigenvalue weighted by atomic mass is 32.2. The summed E-state index contributed by atoms with van der Waals surface area (Å²) in [5.74, 6) is 3.33. The molecule has 6 nitrogen and oxygen atoms in total. The topological polar surface area (TPSA) is 81.9 Å².